The predicted octanol–water partition coefficient (Wildman–Crippen LogP) is -0.482. The number of aliphatic imine (C=N–C) groups is 2. The number of alkyl halides is 1. The van der Waals surface area contributed by atoms with Crippen LogP contribution in [0.15, 0.2) is 9.98 Å². The first-order valence-corrected chi connectivity index (χ1v) is 7.53. The Labute approximate surface area is 129 Å². The fourth-order valence-corrected chi connectivity index (χ4v) is 2.49. The summed E-state index contributed by atoms with van der Waals surface area (Å²) in [6, 6.07) is -0.446. The van der Waals surface area contributed by atoms with Gasteiger partial charge in [0.15, 0.2) is 0 Å². The van der Waals surface area contributed by atoms with Crippen LogP contribution in [0, 0.1) is 0 Å². The van der Waals surface area contributed by atoms with Crippen molar-refractivity contribution in [2.75, 3.05) is 32.3 Å². The van der Waals surface area contributed by atoms with Crippen molar-refractivity contribution in [1.29, 1.82) is 0 Å². The van der Waals surface area contributed by atoms with Crippen LogP contribution in [0.1, 0.15) is 0 Å². The Morgan fingerprint density at radius 2 is 2.14 bits per heavy atom. The Bertz CT molecular complexity index is 613. The van der Waals surface area contributed by atoms with Crippen LogP contribution in [0.25, 0.3) is 0 Å². The molecule has 4 amide bonds. The van der Waals surface area contributed by atoms with Crippen LogP contribution in [-0.4, -0.2) is 76.3 Å². The first kappa shape index (κ1) is 15.6. The summed E-state index contributed by atoms with van der Waals surface area (Å²) >= 11 is 6.64. The van der Waals surface area contributed by atoms with Gasteiger partial charge in [-0.05, 0) is 0 Å². The van der Waals surface area contributed by atoms with E-state index in [9.17, 15) is 14.4 Å². The third-order valence-electron chi connectivity index (χ3n) is 2.80. The molecule has 0 aliphatic carbocycles. The van der Waals surface area contributed by atoms with Gasteiger partial charge in [-0.2, -0.15) is 14.5 Å². The summed E-state index contributed by atoms with van der Waals surface area (Å²) in [4.78, 5) is 44.0. The maximum Gasteiger partial charge on any atom is 0.446 e. The number of carbonyl (C=O) groups excluding carboxylic acids is 3. The summed E-state index contributed by atoms with van der Waals surface area (Å²) in [5.74, 6) is -0.00677. The van der Waals surface area contributed by atoms with E-state index in [2.05, 4.69) is 15.3 Å². The fraction of sp³-hybridized carbons (Fsp3) is 0.455. The van der Waals surface area contributed by atoms with Gasteiger partial charge in [-0.25, -0.2) is 9.59 Å². The fourth-order valence-electron chi connectivity index (χ4n) is 1.70. The molecule has 0 aromatic heterocycles. The minimum Gasteiger partial charge on any atom is -0.354 e. The number of nitrogens with zero attached hydrogens (tertiary/aromatic N) is 4. The molecule has 8 nitrogen and oxygen atoms in total. The maximum absolute atomic E-state index is 11.9. The second-order valence-corrected chi connectivity index (χ2v) is 5.55. The van der Waals surface area contributed by atoms with Crippen molar-refractivity contribution >= 4 is 57.9 Å². The molecule has 2 heterocycles. The van der Waals surface area contributed by atoms with Gasteiger partial charge in [0.05, 0.1) is 14.1 Å². The topological polar surface area (TPSA) is 94.2 Å². The number of hydrogen-bond donors (Lipinski definition) is 1. The van der Waals surface area contributed by atoms with Crippen LogP contribution >= 0.6 is 23.4 Å². The average molecular weight is 331 g/mol. The molecule has 0 bridgehead atoms. The summed E-state index contributed by atoms with van der Waals surface area (Å²) in [6.45, 7) is 0.415. The van der Waals surface area contributed by atoms with E-state index >= 15 is 0 Å². The molecule has 2 aliphatic heterocycles. The number of thioether (sulfide) groups is 1. The van der Waals surface area contributed by atoms with Crippen LogP contribution in [0.3, 0.4) is 0 Å². The zero-order chi connectivity index (χ0) is 15.6. The molecule has 2 aliphatic rings. The zero-order valence-electron chi connectivity index (χ0n) is 11.4. The number of halogens is 1. The van der Waals surface area contributed by atoms with E-state index < -0.39 is 11.9 Å². The van der Waals surface area contributed by atoms with Gasteiger partial charge in [0.1, 0.15) is 5.88 Å². The lowest BCUT2D eigenvalue weighted by Gasteiger charge is -2.15. The molecule has 0 saturated carbocycles. The normalized spacial score (nSPS) is 17.8. The summed E-state index contributed by atoms with van der Waals surface area (Å²) in [7, 11) is 2.93. The average Bonchev–Trinajstić information content (AvgIpc) is 2.91. The second-order valence-electron chi connectivity index (χ2n) is 4.22. The smallest absolute Gasteiger partial charge is 0.354 e. The first-order chi connectivity index (χ1) is 9.95. The zero-order valence-corrected chi connectivity index (χ0v) is 13.0. The van der Waals surface area contributed by atoms with Crippen LogP contribution in [0.2, 0.25) is 0 Å². The van der Waals surface area contributed by atoms with E-state index in [1.165, 1.54) is 30.4 Å². The number of amidine groups is 2. The highest BCUT2D eigenvalue weighted by atomic mass is 35.5. The molecule has 0 saturated heterocycles. The van der Waals surface area contributed by atoms with Gasteiger partial charge in [0, 0.05) is 12.3 Å². The molecule has 0 unspecified atom stereocenters. The van der Waals surface area contributed by atoms with Crippen LogP contribution in [-0.2, 0) is 9.59 Å². The standard InChI is InChI=1S/C11H12ClN5O3S/c1-16-8-7(9(19)17(2)11(16)20)14-10(15-8)21-4-3-13-6(18)5-12/h3-5H2,1-2H3/p+1. The lowest BCUT2D eigenvalue weighted by molar-refractivity contribution is -0.401. The second kappa shape index (κ2) is 6.35. The Hall–Kier alpha value is -1.74. The Balaban J connectivity index is 2.02. The molecule has 0 radical (unpaired) electrons. The molecule has 0 aromatic carbocycles. The monoisotopic (exact) mass is 330 g/mol. The quantitative estimate of drug-likeness (QED) is 0.428. The molecular weight excluding hydrogens is 318 g/mol. The number of urea groups is 1. The van der Waals surface area contributed by atoms with Crippen LogP contribution in [0.5, 0.6) is 0 Å². The molecule has 2 rings (SSSR count). The molecule has 21 heavy (non-hydrogen) atoms. The minimum absolute atomic E-state index is 0.0837. The minimum atomic E-state index is -0.470. The molecule has 10 heteroatoms. The summed E-state index contributed by atoms with van der Waals surface area (Å²) in [5.41, 5.74) is 0.159. The highest BCUT2D eigenvalue weighted by Gasteiger charge is 2.44. The van der Waals surface area contributed by atoms with Crippen molar-refractivity contribution in [3.05, 3.63) is 0 Å². The van der Waals surface area contributed by atoms with Crippen molar-refractivity contribution in [2.45, 2.75) is 0 Å². The molecular formula is C11H13ClN5O3S+. The predicted molar refractivity (Wildman–Crippen MR) is 80.4 cm³/mol. The van der Waals surface area contributed by atoms with Crippen molar-refractivity contribution in [3.8, 4) is 0 Å². The Morgan fingerprint density at radius 1 is 1.43 bits per heavy atom. The van der Waals surface area contributed by atoms with Crippen molar-refractivity contribution < 1.29 is 19.0 Å². The van der Waals surface area contributed by atoms with Gasteiger partial charge >= 0.3 is 17.8 Å². The molecule has 0 spiro atoms. The molecule has 0 fully saturated rings. The Morgan fingerprint density at radius 3 is 2.81 bits per heavy atom. The van der Waals surface area contributed by atoms with E-state index in [0.29, 0.717) is 17.5 Å². The van der Waals surface area contributed by atoms with Crippen molar-refractivity contribution in [1.82, 2.24) is 10.2 Å². The number of fused-ring (bicyclic) bond motifs is 1. The third kappa shape index (κ3) is 3.13. The number of amides is 4. The molecule has 1 N–H and O–H groups in total. The van der Waals surface area contributed by atoms with E-state index in [-0.39, 0.29) is 23.3 Å². The van der Waals surface area contributed by atoms with Gasteiger partial charge in [-0.1, -0.05) is 16.8 Å². The summed E-state index contributed by atoms with van der Waals surface area (Å²) in [6.07, 6.45) is 0. The number of imide groups is 1. The van der Waals surface area contributed by atoms with Crippen LogP contribution in [0.4, 0.5) is 4.79 Å². The lowest BCUT2D eigenvalue weighted by atomic mass is 10.2. The Kier molecular flexibility index (Phi) is 4.73. The number of nitrogens with one attached hydrogen (secondary N) is 1. The highest BCUT2D eigenvalue weighted by molar-refractivity contribution is 8.14. The molecule has 112 valence electrons. The van der Waals surface area contributed by atoms with Crippen molar-refractivity contribution in [3.63, 3.8) is 0 Å². The van der Waals surface area contributed by atoms with Gasteiger partial charge in [-0.15, -0.1) is 11.6 Å². The summed E-state index contributed by atoms with van der Waals surface area (Å²) < 4.78 is 1.28. The van der Waals surface area contributed by atoms with Gasteiger partial charge in [0.2, 0.25) is 11.6 Å². The van der Waals surface area contributed by atoms with E-state index in [1.54, 1.807) is 0 Å². The summed E-state index contributed by atoms with van der Waals surface area (Å²) in [5, 5.41) is 3.00. The van der Waals surface area contributed by atoms with E-state index in [1.807, 2.05) is 0 Å². The SMILES string of the molecule is CN1C(=O)C2=NC(SCCNC(=O)CCl)=NC2=[N+](C)C1=O. The number of carbonyl (C=O) groups is 3. The third-order valence-corrected chi connectivity index (χ3v) is 3.89. The first-order valence-electron chi connectivity index (χ1n) is 6.01. The maximum atomic E-state index is 11.9. The highest BCUT2D eigenvalue weighted by Crippen LogP contribution is 2.16. The number of rotatable bonds is 4. The number of hydrogen-bond acceptors (Lipinski definition) is 6. The molecule has 0 atom stereocenters. The van der Waals surface area contributed by atoms with Crippen LogP contribution < -0.4 is 5.32 Å². The lowest BCUT2D eigenvalue weighted by Crippen LogP contribution is -2.51. The molecule has 0 aromatic rings. The largest absolute Gasteiger partial charge is 0.446 e. The van der Waals surface area contributed by atoms with Gasteiger partial charge < -0.3 is 5.32 Å². The van der Waals surface area contributed by atoms with E-state index in [0.717, 1.165) is 4.90 Å². The van der Waals surface area contributed by atoms with Crippen molar-refractivity contribution in [2.24, 2.45) is 9.98 Å². The van der Waals surface area contributed by atoms with Gasteiger partial charge in [-0.3, -0.25) is 4.79 Å². The van der Waals surface area contributed by atoms with E-state index in [4.69, 9.17) is 11.6 Å². The van der Waals surface area contributed by atoms with Gasteiger partial charge in [0.25, 0.3) is 5.17 Å².